The minimum absolute atomic E-state index is 0.122. The number of rotatable bonds is 5. The normalized spacial score (nSPS) is 16.5. The lowest BCUT2D eigenvalue weighted by Crippen LogP contribution is -2.31. The quantitative estimate of drug-likeness (QED) is 0.798. The molecular weight excluding hydrogens is 356 g/mol. The van der Waals surface area contributed by atoms with Gasteiger partial charge in [0.15, 0.2) is 5.82 Å². The second-order valence-electron chi connectivity index (χ2n) is 6.23. The molecule has 0 saturated carbocycles. The predicted octanol–water partition coefficient (Wildman–Crippen LogP) is 2.50. The summed E-state index contributed by atoms with van der Waals surface area (Å²) in [5, 5.41) is 0.497. The van der Waals surface area contributed by atoms with Gasteiger partial charge in [-0.25, -0.2) is 0 Å². The van der Waals surface area contributed by atoms with Crippen LogP contribution < -0.4 is 14.4 Å². The first-order chi connectivity index (χ1) is 12.5. The average Bonchev–Trinajstić information content (AvgIpc) is 3.09. The highest BCUT2D eigenvalue weighted by Crippen LogP contribution is 2.26. The van der Waals surface area contributed by atoms with Crippen LogP contribution in [0.15, 0.2) is 30.6 Å². The van der Waals surface area contributed by atoms with Crippen LogP contribution in [0.25, 0.3) is 0 Å². The third-order valence-corrected chi connectivity index (χ3v) is 4.40. The molecule has 8 heteroatoms. The van der Waals surface area contributed by atoms with Gasteiger partial charge < -0.3 is 19.3 Å². The number of methoxy groups -OCH3 is 1. The summed E-state index contributed by atoms with van der Waals surface area (Å²) < 4.78 is 11.2. The maximum Gasteiger partial charge on any atom is 0.257 e. The highest BCUT2D eigenvalue weighted by molar-refractivity contribution is 6.31. The van der Waals surface area contributed by atoms with Gasteiger partial charge in [-0.15, -0.1) is 0 Å². The number of likely N-dealkylation sites (tertiary alicyclic amines) is 1. The van der Waals surface area contributed by atoms with Crippen molar-refractivity contribution in [1.82, 2.24) is 14.9 Å². The maximum atomic E-state index is 12.8. The van der Waals surface area contributed by atoms with Gasteiger partial charge in [0, 0.05) is 32.1 Å². The minimum atomic E-state index is -0.129. The van der Waals surface area contributed by atoms with Gasteiger partial charge in [0.1, 0.15) is 11.9 Å². The fourth-order valence-corrected chi connectivity index (χ4v) is 2.98. The van der Waals surface area contributed by atoms with Crippen molar-refractivity contribution in [3.8, 4) is 11.6 Å². The summed E-state index contributed by atoms with van der Waals surface area (Å²) in [4.78, 5) is 25.0. The summed E-state index contributed by atoms with van der Waals surface area (Å²) in [6, 6.07) is 5.02. The lowest BCUT2D eigenvalue weighted by Gasteiger charge is -2.19. The van der Waals surface area contributed by atoms with Crippen molar-refractivity contribution in [2.45, 2.75) is 12.5 Å². The van der Waals surface area contributed by atoms with E-state index in [-0.39, 0.29) is 12.0 Å². The zero-order valence-electron chi connectivity index (χ0n) is 15.0. The van der Waals surface area contributed by atoms with E-state index in [1.165, 1.54) is 7.11 Å². The van der Waals surface area contributed by atoms with Crippen molar-refractivity contribution in [3.05, 3.63) is 41.2 Å². The van der Waals surface area contributed by atoms with E-state index in [1.54, 1.807) is 35.5 Å². The van der Waals surface area contributed by atoms with E-state index in [4.69, 9.17) is 21.1 Å². The van der Waals surface area contributed by atoms with Gasteiger partial charge in [-0.1, -0.05) is 11.6 Å². The Morgan fingerprint density at radius 1 is 1.35 bits per heavy atom. The number of nitrogens with zero attached hydrogens (tertiary/aromatic N) is 4. The first-order valence-corrected chi connectivity index (χ1v) is 8.64. The summed E-state index contributed by atoms with van der Waals surface area (Å²) >= 11 is 6.03. The number of carbonyl (C=O) groups excluding carboxylic acids is 1. The Morgan fingerprint density at radius 3 is 2.88 bits per heavy atom. The Labute approximate surface area is 157 Å². The monoisotopic (exact) mass is 376 g/mol. The van der Waals surface area contributed by atoms with Crippen LogP contribution in [-0.4, -0.2) is 61.2 Å². The van der Waals surface area contributed by atoms with Crippen LogP contribution in [0.5, 0.6) is 11.6 Å². The van der Waals surface area contributed by atoms with Gasteiger partial charge in [-0.2, -0.15) is 4.98 Å². The van der Waals surface area contributed by atoms with Crippen LogP contribution in [0.2, 0.25) is 5.02 Å². The molecule has 1 atom stereocenters. The number of aromatic nitrogens is 2. The Balaban J connectivity index is 1.68. The SMILES string of the molecule is COc1ccc(Cl)cc1C(=O)N1CCC(Oc2cncc(N(C)C)n2)C1. The fourth-order valence-electron chi connectivity index (χ4n) is 2.81. The largest absolute Gasteiger partial charge is 0.496 e. The van der Waals surface area contributed by atoms with E-state index < -0.39 is 0 Å². The maximum absolute atomic E-state index is 12.8. The van der Waals surface area contributed by atoms with E-state index in [2.05, 4.69) is 9.97 Å². The molecule has 1 unspecified atom stereocenters. The van der Waals surface area contributed by atoms with Gasteiger partial charge in [0.25, 0.3) is 5.91 Å². The van der Waals surface area contributed by atoms with Crippen LogP contribution in [0.3, 0.4) is 0 Å². The summed E-state index contributed by atoms with van der Waals surface area (Å²) in [7, 11) is 5.32. The van der Waals surface area contributed by atoms with Crippen molar-refractivity contribution in [2.24, 2.45) is 0 Å². The molecule has 1 aliphatic heterocycles. The number of benzene rings is 1. The standard InChI is InChI=1S/C18H21ClN4O3/c1-22(2)16-9-20-10-17(21-16)26-13-6-7-23(11-13)18(24)14-8-12(19)4-5-15(14)25-3/h4-5,8-10,13H,6-7,11H2,1-3H3. The van der Waals surface area contributed by atoms with Crippen molar-refractivity contribution < 1.29 is 14.3 Å². The van der Waals surface area contributed by atoms with Gasteiger partial charge in [0.05, 0.1) is 31.6 Å². The van der Waals surface area contributed by atoms with Crippen LogP contribution in [0.4, 0.5) is 5.82 Å². The van der Waals surface area contributed by atoms with Crippen LogP contribution >= 0.6 is 11.6 Å². The molecule has 0 aliphatic carbocycles. The van der Waals surface area contributed by atoms with Crippen molar-refractivity contribution in [2.75, 3.05) is 39.2 Å². The molecule has 1 amide bonds. The van der Waals surface area contributed by atoms with Crippen LogP contribution in [-0.2, 0) is 0 Å². The van der Waals surface area contributed by atoms with E-state index in [0.717, 1.165) is 12.2 Å². The molecule has 0 bridgehead atoms. The third-order valence-electron chi connectivity index (χ3n) is 4.17. The molecule has 0 N–H and O–H groups in total. The van der Waals surface area contributed by atoms with Crippen LogP contribution in [0, 0.1) is 0 Å². The zero-order valence-corrected chi connectivity index (χ0v) is 15.7. The molecule has 26 heavy (non-hydrogen) atoms. The molecule has 1 aromatic heterocycles. The van der Waals surface area contributed by atoms with Gasteiger partial charge in [0.2, 0.25) is 5.88 Å². The first kappa shape index (κ1) is 18.3. The van der Waals surface area contributed by atoms with E-state index in [9.17, 15) is 4.79 Å². The molecule has 1 fully saturated rings. The lowest BCUT2D eigenvalue weighted by atomic mass is 10.1. The molecule has 2 heterocycles. The summed E-state index contributed by atoms with van der Waals surface area (Å²) in [6.45, 7) is 1.07. The first-order valence-electron chi connectivity index (χ1n) is 8.26. The topological polar surface area (TPSA) is 67.8 Å². The molecule has 3 rings (SSSR count). The number of hydrogen-bond donors (Lipinski definition) is 0. The van der Waals surface area contributed by atoms with Gasteiger partial charge in [-0.05, 0) is 18.2 Å². The van der Waals surface area contributed by atoms with E-state index in [1.807, 2.05) is 19.0 Å². The molecule has 2 aromatic rings. The van der Waals surface area contributed by atoms with Crippen molar-refractivity contribution in [3.63, 3.8) is 0 Å². The number of anilines is 1. The highest BCUT2D eigenvalue weighted by atomic mass is 35.5. The number of amides is 1. The zero-order chi connectivity index (χ0) is 18.7. The number of hydrogen-bond acceptors (Lipinski definition) is 6. The number of halogens is 1. The minimum Gasteiger partial charge on any atom is -0.496 e. The molecule has 1 aliphatic rings. The molecule has 0 radical (unpaired) electrons. The molecule has 1 aromatic carbocycles. The van der Waals surface area contributed by atoms with E-state index in [0.29, 0.717) is 35.3 Å². The van der Waals surface area contributed by atoms with Gasteiger partial charge in [-0.3, -0.25) is 9.78 Å². The Kier molecular flexibility index (Phi) is 5.46. The molecule has 0 spiro atoms. The predicted molar refractivity (Wildman–Crippen MR) is 99.3 cm³/mol. The molecule has 138 valence electrons. The summed E-state index contributed by atoms with van der Waals surface area (Å²) in [5.74, 6) is 1.56. The smallest absolute Gasteiger partial charge is 0.257 e. The van der Waals surface area contributed by atoms with Crippen molar-refractivity contribution >= 4 is 23.3 Å². The number of carbonyl (C=O) groups is 1. The average molecular weight is 377 g/mol. The molecule has 1 saturated heterocycles. The highest BCUT2D eigenvalue weighted by Gasteiger charge is 2.30. The number of ether oxygens (including phenoxy) is 2. The second-order valence-corrected chi connectivity index (χ2v) is 6.67. The summed E-state index contributed by atoms with van der Waals surface area (Å²) in [5.41, 5.74) is 0.454. The summed E-state index contributed by atoms with van der Waals surface area (Å²) in [6.07, 6.45) is 3.85. The Morgan fingerprint density at radius 2 is 2.15 bits per heavy atom. The molecular formula is C18H21ClN4O3. The second kappa shape index (κ2) is 7.78. The Hall–Kier alpha value is -2.54. The Bertz CT molecular complexity index is 800. The lowest BCUT2D eigenvalue weighted by molar-refractivity contribution is 0.0767. The third kappa shape index (κ3) is 3.99. The van der Waals surface area contributed by atoms with Crippen molar-refractivity contribution in [1.29, 1.82) is 0 Å². The fraction of sp³-hybridized carbons (Fsp3) is 0.389. The van der Waals surface area contributed by atoms with Crippen LogP contribution in [0.1, 0.15) is 16.8 Å². The van der Waals surface area contributed by atoms with E-state index >= 15 is 0 Å². The molecule has 7 nitrogen and oxygen atoms in total. The van der Waals surface area contributed by atoms with Gasteiger partial charge >= 0.3 is 0 Å².